The van der Waals surface area contributed by atoms with Crippen molar-refractivity contribution in [1.82, 2.24) is 9.80 Å². The molecule has 4 aliphatic heterocycles. The molecule has 4 spiro atoms. The highest BCUT2D eigenvalue weighted by Crippen LogP contribution is 2.56. The number of hydrogen-bond donors (Lipinski definition) is 4. The van der Waals surface area contributed by atoms with Crippen molar-refractivity contribution >= 4 is 63.6 Å². The molecule has 6 N–H and O–H groups in total. The van der Waals surface area contributed by atoms with Gasteiger partial charge in [0.15, 0.2) is 34.4 Å². The Morgan fingerprint density at radius 1 is 0.712 bits per heavy atom. The van der Waals surface area contributed by atoms with E-state index in [9.17, 15) is 9.59 Å². The summed E-state index contributed by atoms with van der Waals surface area (Å²) >= 11 is 3.51. The quantitative estimate of drug-likeness (QED) is 0.116. The van der Waals surface area contributed by atoms with E-state index in [0.29, 0.717) is 47.3 Å². The normalized spacial score (nSPS) is 28.1. The van der Waals surface area contributed by atoms with E-state index in [1.54, 1.807) is 38.4 Å². The van der Waals surface area contributed by atoms with Crippen molar-refractivity contribution in [3.63, 3.8) is 0 Å². The Kier molecular flexibility index (Phi) is 12.6. The molecule has 2 saturated carbocycles. The van der Waals surface area contributed by atoms with Crippen molar-refractivity contribution in [3.05, 3.63) is 123 Å². The van der Waals surface area contributed by atoms with Gasteiger partial charge >= 0.3 is 7.12 Å². The summed E-state index contributed by atoms with van der Waals surface area (Å²) in [6, 6.07) is 25.5. The Bertz CT molecular complexity index is 2740. The topological polar surface area (TPSA) is 185 Å². The summed E-state index contributed by atoms with van der Waals surface area (Å²) in [4.78, 5) is 45.7. The Labute approximate surface area is 394 Å². The number of ether oxygens (including phenoxy) is 2. The summed E-state index contributed by atoms with van der Waals surface area (Å²) in [5, 5.41) is 17.4. The van der Waals surface area contributed by atoms with Gasteiger partial charge in [0.1, 0.15) is 22.7 Å². The maximum atomic E-state index is 13.5. The molecule has 2 amide bonds. The van der Waals surface area contributed by atoms with Crippen LogP contribution in [0.5, 0.6) is 11.5 Å². The number of halogens is 1. The van der Waals surface area contributed by atoms with Crippen LogP contribution in [0.3, 0.4) is 0 Å². The maximum absolute atomic E-state index is 13.5. The number of aliphatic imine (C=N–C) groups is 2. The van der Waals surface area contributed by atoms with Gasteiger partial charge in [-0.25, -0.2) is 19.7 Å². The van der Waals surface area contributed by atoms with Crippen LogP contribution >= 0.6 is 15.9 Å². The van der Waals surface area contributed by atoms with Crippen molar-refractivity contribution in [1.29, 1.82) is 0 Å². The Hall–Kier alpha value is -6.20. The summed E-state index contributed by atoms with van der Waals surface area (Å²) in [7, 11) is 1.89. The van der Waals surface area contributed by atoms with Crippen LogP contribution in [0.25, 0.3) is 20.8 Å². The lowest BCUT2D eigenvalue weighted by molar-refractivity contribution is -0.136. The van der Waals surface area contributed by atoms with Gasteiger partial charge in [-0.3, -0.25) is 19.4 Å². The van der Waals surface area contributed by atoms with Crippen LogP contribution in [-0.2, 0) is 20.7 Å². The molecule has 66 heavy (non-hydrogen) atoms. The zero-order chi connectivity index (χ0) is 47.2. The molecular weight excluding hydrogens is 899 g/mol. The summed E-state index contributed by atoms with van der Waals surface area (Å²) in [6.45, 7) is 18.5. The van der Waals surface area contributed by atoms with Gasteiger partial charge in [0, 0.05) is 42.5 Å². The molecule has 16 heteroatoms. The van der Waals surface area contributed by atoms with Gasteiger partial charge in [0.05, 0.1) is 13.1 Å². The monoisotopic (exact) mass is 952 g/mol. The van der Waals surface area contributed by atoms with E-state index in [4.69, 9.17) is 49.1 Å². The summed E-state index contributed by atoms with van der Waals surface area (Å²) in [5.74, 6) is 2.98. The minimum Gasteiger partial charge on any atom is -0.487 e. The highest BCUT2D eigenvalue weighted by molar-refractivity contribution is 9.10. The second-order valence-electron chi connectivity index (χ2n) is 18.8. The van der Waals surface area contributed by atoms with Gasteiger partial charge in [-0.2, -0.15) is 0 Å². The lowest BCUT2D eigenvalue weighted by Gasteiger charge is -2.48. The summed E-state index contributed by atoms with van der Waals surface area (Å²) in [6.07, 6.45) is 9.41. The zero-order valence-corrected chi connectivity index (χ0v) is 39.2. The van der Waals surface area contributed by atoms with E-state index in [-0.39, 0.29) is 29.3 Å². The third-order valence-corrected chi connectivity index (χ3v) is 14.4. The highest BCUT2D eigenvalue weighted by atomic mass is 79.9. The summed E-state index contributed by atoms with van der Waals surface area (Å²) in [5.41, 5.74) is 14.2. The molecule has 2 aliphatic carbocycles. The minimum atomic E-state index is -1.49. The van der Waals surface area contributed by atoms with Crippen LogP contribution in [0.15, 0.2) is 99.4 Å². The zero-order valence-electron chi connectivity index (χ0n) is 37.6. The second kappa shape index (κ2) is 17.9. The molecule has 6 aliphatic rings. The number of fused-ring (bicyclic) bond motifs is 4. The molecule has 0 aromatic heterocycles. The molecule has 0 radical (unpaired) electrons. The first-order valence-corrected chi connectivity index (χ1v) is 23.2. The fraction of sp³-hybridized carbons (Fsp3) is 0.400. The van der Waals surface area contributed by atoms with Crippen molar-refractivity contribution in [2.45, 2.75) is 100 Å². The number of nitrogens with two attached hydrogens (primary N) is 2. The number of carbonyl (C=O) groups excluding carboxylic acids is 2. The molecule has 0 saturated heterocycles. The smallest absolute Gasteiger partial charge is 0.487 e. The highest BCUT2D eigenvalue weighted by Gasteiger charge is 2.60. The molecule has 0 bridgehead atoms. The standard InChI is InChI=1S/C25H26N4O2.C18H22BrN3O2.C7H6BNO2/c1-16-6-5-11-24(14-16)15-25(22(30)29(3)23(26)28-25)20-13-18(9-10-21(20)31-24)17-7-4-8-19(12-17)27-2;1-11-4-3-7-17(9-11)10-18(15(23)22(2)16(20)21-18)13-8-12(19)5-6-14(13)24-17;1-9-7-4-2-3-6(5-7)8(10)11/h4,7-10,12-13,16H,5-6,11,14-15H2,1,3H3,(H2,26,28);5-6,8,11H,3-4,7,9-10H2,1-2H3,(H2,20,21);2-5,10-11H. The van der Waals surface area contributed by atoms with E-state index in [1.807, 2.05) is 54.6 Å². The number of nitrogens with zero attached hydrogens (tertiary/aromatic N) is 6. The van der Waals surface area contributed by atoms with Gasteiger partial charge in [0.25, 0.3) is 11.8 Å². The molecule has 340 valence electrons. The maximum Gasteiger partial charge on any atom is 0.487 e. The lowest BCUT2D eigenvalue weighted by atomic mass is 9.68. The molecule has 2 fully saturated rings. The molecule has 14 nitrogen and oxygen atoms in total. The molecule has 4 heterocycles. The first-order valence-electron chi connectivity index (χ1n) is 22.4. The predicted octanol–water partition coefficient (Wildman–Crippen LogP) is 7.70. The van der Waals surface area contributed by atoms with Crippen LogP contribution in [0.1, 0.15) is 89.2 Å². The van der Waals surface area contributed by atoms with Crippen LogP contribution in [0.2, 0.25) is 0 Å². The van der Waals surface area contributed by atoms with Crippen molar-refractivity contribution < 1.29 is 29.1 Å². The second-order valence-corrected chi connectivity index (χ2v) is 19.7. The fourth-order valence-electron chi connectivity index (χ4n) is 10.9. The van der Waals surface area contributed by atoms with E-state index >= 15 is 0 Å². The number of amides is 2. The predicted molar refractivity (Wildman–Crippen MR) is 258 cm³/mol. The fourth-order valence-corrected chi connectivity index (χ4v) is 11.3. The molecule has 6 unspecified atom stereocenters. The Morgan fingerprint density at radius 3 is 1.68 bits per heavy atom. The van der Waals surface area contributed by atoms with E-state index < -0.39 is 23.8 Å². The van der Waals surface area contributed by atoms with Crippen LogP contribution in [0.4, 0.5) is 11.4 Å². The van der Waals surface area contributed by atoms with Crippen molar-refractivity contribution in [3.8, 4) is 22.6 Å². The Morgan fingerprint density at radius 2 is 1.20 bits per heavy atom. The van der Waals surface area contributed by atoms with Crippen LogP contribution in [0, 0.1) is 25.0 Å². The lowest BCUT2D eigenvalue weighted by Crippen LogP contribution is -2.53. The number of likely N-dealkylation sites (N-methyl/N-ethyl adjacent to an activating group) is 2. The number of hydrogen-bond acceptors (Lipinski definition) is 10. The molecular formula is C50H54BBrN8O6. The molecule has 10 rings (SSSR count). The van der Waals surface area contributed by atoms with Crippen LogP contribution < -0.4 is 26.4 Å². The molecule has 4 aromatic carbocycles. The van der Waals surface area contributed by atoms with E-state index in [1.165, 1.54) is 28.7 Å². The minimum absolute atomic E-state index is 0.0553. The van der Waals surface area contributed by atoms with Crippen molar-refractivity contribution in [2.75, 3.05) is 14.1 Å². The van der Waals surface area contributed by atoms with E-state index in [2.05, 4.69) is 44.5 Å². The van der Waals surface area contributed by atoms with Gasteiger partial charge in [-0.05, 0) is 103 Å². The van der Waals surface area contributed by atoms with Gasteiger partial charge in [-0.1, -0.05) is 91.1 Å². The number of carbonyl (C=O) groups is 2. The Balaban J connectivity index is 0.000000149. The van der Waals surface area contributed by atoms with Crippen LogP contribution in [-0.4, -0.2) is 76.0 Å². The summed E-state index contributed by atoms with van der Waals surface area (Å²) < 4.78 is 14.0. The van der Waals surface area contributed by atoms with Gasteiger partial charge < -0.3 is 31.0 Å². The number of rotatable bonds is 2. The molecule has 4 aromatic rings. The van der Waals surface area contributed by atoms with E-state index in [0.717, 1.165) is 71.0 Å². The SMILES string of the molecule is CC1CCCC2(C1)CC1(N=C(N)N(C)C1=O)c1cc(Br)ccc1O2.[C-]#[N+]c1cccc(-c2ccc3c(c2)C2(CC4(CCCC(C)C4)O3)N=C(N)N(C)C2=O)c1.[C-]#[N+]c1cccc(B(O)O)c1. The average Bonchev–Trinajstić information content (AvgIpc) is 3.64. The number of benzene rings is 4. The largest absolute Gasteiger partial charge is 0.487 e. The average molecular weight is 954 g/mol. The van der Waals surface area contributed by atoms with Crippen molar-refractivity contribution in [2.24, 2.45) is 33.3 Å². The van der Waals surface area contributed by atoms with Gasteiger partial charge in [-0.15, -0.1) is 0 Å². The molecule has 6 atom stereocenters. The third-order valence-electron chi connectivity index (χ3n) is 13.9. The first kappa shape index (κ1) is 46.3. The first-order chi connectivity index (χ1) is 31.4. The third kappa shape index (κ3) is 8.54. The van der Waals surface area contributed by atoms with Gasteiger partial charge in [0.2, 0.25) is 0 Å². The number of guanidine groups is 2.